The van der Waals surface area contributed by atoms with E-state index in [1.54, 1.807) is 12.1 Å². The van der Waals surface area contributed by atoms with Crippen LogP contribution in [0, 0.1) is 5.82 Å². The quantitative estimate of drug-likeness (QED) is 0.555. The zero-order valence-electron chi connectivity index (χ0n) is 14.6. The van der Waals surface area contributed by atoms with Crippen molar-refractivity contribution in [2.24, 2.45) is 0 Å². The molecule has 28 heavy (non-hydrogen) atoms. The third-order valence-electron chi connectivity index (χ3n) is 4.54. The fourth-order valence-corrected chi connectivity index (χ4v) is 3.86. The molecule has 138 valence electrons. The van der Waals surface area contributed by atoms with E-state index in [4.69, 9.17) is 4.74 Å². The van der Waals surface area contributed by atoms with Crippen molar-refractivity contribution < 1.29 is 13.9 Å². The molecule has 1 amide bonds. The SMILES string of the molecule is O=C(Nc1c(-c2ccc(F)cc2)nc2sccn12)C1=Cc2ccccc2OC1. The van der Waals surface area contributed by atoms with Crippen LogP contribution >= 0.6 is 11.3 Å². The van der Waals surface area contributed by atoms with E-state index < -0.39 is 0 Å². The number of rotatable bonds is 3. The van der Waals surface area contributed by atoms with Gasteiger partial charge >= 0.3 is 0 Å². The normalized spacial score (nSPS) is 13.0. The molecular formula is C21H14FN3O2S. The molecule has 2 aromatic carbocycles. The van der Waals surface area contributed by atoms with Crippen LogP contribution in [0.4, 0.5) is 10.2 Å². The molecule has 3 heterocycles. The lowest BCUT2D eigenvalue weighted by molar-refractivity contribution is -0.113. The molecule has 5 rings (SSSR count). The number of anilines is 1. The van der Waals surface area contributed by atoms with Crippen molar-refractivity contribution in [2.45, 2.75) is 0 Å². The second-order valence-corrected chi connectivity index (χ2v) is 7.19. The van der Waals surface area contributed by atoms with E-state index in [9.17, 15) is 9.18 Å². The molecule has 0 bridgehead atoms. The molecule has 7 heteroatoms. The number of hydrogen-bond donors (Lipinski definition) is 1. The second kappa shape index (κ2) is 6.61. The van der Waals surface area contributed by atoms with Crippen LogP contribution in [0.15, 0.2) is 65.7 Å². The van der Waals surface area contributed by atoms with E-state index in [1.165, 1.54) is 23.5 Å². The number of fused-ring (bicyclic) bond motifs is 2. The average Bonchev–Trinajstić information content (AvgIpc) is 3.31. The molecule has 1 aliphatic rings. The lowest BCUT2D eigenvalue weighted by atomic mass is 10.1. The summed E-state index contributed by atoms with van der Waals surface area (Å²) >= 11 is 1.46. The van der Waals surface area contributed by atoms with E-state index in [0.29, 0.717) is 17.1 Å². The third-order valence-corrected chi connectivity index (χ3v) is 5.29. The van der Waals surface area contributed by atoms with Gasteiger partial charge in [-0.1, -0.05) is 18.2 Å². The Hall–Kier alpha value is -3.45. The van der Waals surface area contributed by atoms with Gasteiger partial charge in [-0.3, -0.25) is 9.20 Å². The van der Waals surface area contributed by atoms with Crippen LogP contribution in [0.1, 0.15) is 5.56 Å². The summed E-state index contributed by atoms with van der Waals surface area (Å²) in [6, 6.07) is 13.6. The first-order chi connectivity index (χ1) is 13.7. The van der Waals surface area contributed by atoms with Gasteiger partial charge in [-0.25, -0.2) is 9.37 Å². The Balaban J connectivity index is 1.52. The van der Waals surface area contributed by atoms with Gasteiger partial charge in [0.05, 0.1) is 5.57 Å². The number of thiazole rings is 1. The molecule has 0 aliphatic carbocycles. The Morgan fingerprint density at radius 3 is 2.86 bits per heavy atom. The molecule has 0 fully saturated rings. The molecular weight excluding hydrogens is 377 g/mol. The van der Waals surface area contributed by atoms with E-state index in [-0.39, 0.29) is 18.3 Å². The number of amides is 1. The summed E-state index contributed by atoms with van der Waals surface area (Å²) in [6.07, 6.45) is 3.67. The minimum atomic E-state index is -0.321. The summed E-state index contributed by atoms with van der Waals surface area (Å²) in [5, 5.41) is 4.85. The maximum absolute atomic E-state index is 13.3. The van der Waals surface area contributed by atoms with Gasteiger partial charge in [-0.15, -0.1) is 11.3 Å². The van der Waals surface area contributed by atoms with Gasteiger partial charge in [-0.2, -0.15) is 0 Å². The lowest BCUT2D eigenvalue weighted by Crippen LogP contribution is -2.22. The van der Waals surface area contributed by atoms with Crippen molar-refractivity contribution in [3.8, 4) is 17.0 Å². The molecule has 5 nitrogen and oxygen atoms in total. The number of imidazole rings is 1. The predicted octanol–water partition coefficient (Wildman–Crippen LogP) is 4.62. The highest BCUT2D eigenvalue weighted by atomic mass is 32.1. The first-order valence-corrected chi connectivity index (χ1v) is 9.52. The van der Waals surface area contributed by atoms with Crippen molar-refractivity contribution in [3.05, 3.63) is 77.1 Å². The van der Waals surface area contributed by atoms with Crippen molar-refractivity contribution in [3.63, 3.8) is 0 Å². The largest absolute Gasteiger partial charge is 0.488 e. The molecule has 4 aromatic rings. The number of nitrogens with one attached hydrogen (secondary N) is 1. The second-order valence-electron chi connectivity index (χ2n) is 6.32. The fourth-order valence-electron chi connectivity index (χ4n) is 3.15. The Bertz CT molecular complexity index is 1220. The summed E-state index contributed by atoms with van der Waals surface area (Å²) in [5.74, 6) is 0.729. The number of aromatic nitrogens is 2. The van der Waals surface area contributed by atoms with Crippen LogP contribution in [-0.4, -0.2) is 21.9 Å². The van der Waals surface area contributed by atoms with Gasteiger partial charge in [0.2, 0.25) is 0 Å². The van der Waals surface area contributed by atoms with Crippen LogP contribution in [0.25, 0.3) is 22.3 Å². The van der Waals surface area contributed by atoms with Crippen LogP contribution in [0.3, 0.4) is 0 Å². The van der Waals surface area contributed by atoms with E-state index in [1.807, 2.05) is 46.3 Å². The zero-order chi connectivity index (χ0) is 19.1. The number of benzene rings is 2. The number of ether oxygens (including phenoxy) is 1. The number of carbonyl (C=O) groups excluding carboxylic acids is 1. The maximum Gasteiger partial charge on any atom is 0.256 e. The summed E-state index contributed by atoms with van der Waals surface area (Å²) in [6.45, 7) is 0.195. The van der Waals surface area contributed by atoms with Crippen LogP contribution in [0.2, 0.25) is 0 Å². The predicted molar refractivity (Wildman–Crippen MR) is 107 cm³/mol. The standard InChI is InChI=1S/C21H14FN3O2S/c22-16-7-5-13(6-8-16)18-19(25-9-10-28-21(25)23-18)24-20(26)15-11-14-3-1-2-4-17(14)27-12-15/h1-11H,12H2,(H,24,26). The molecule has 2 aromatic heterocycles. The summed E-state index contributed by atoms with van der Waals surface area (Å²) in [4.78, 5) is 18.3. The summed E-state index contributed by atoms with van der Waals surface area (Å²) in [5.41, 5.74) is 2.71. The molecule has 0 spiro atoms. The van der Waals surface area contributed by atoms with Crippen LogP contribution in [0.5, 0.6) is 5.75 Å². The molecule has 0 saturated carbocycles. The number of halogens is 1. The molecule has 0 radical (unpaired) electrons. The Labute approximate surface area is 163 Å². The molecule has 0 atom stereocenters. The van der Waals surface area contributed by atoms with Gasteiger partial charge in [0, 0.05) is 22.7 Å². The summed E-state index contributed by atoms with van der Waals surface area (Å²) < 4.78 is 20.8. The third kappa shape index (κ3) is 2.86. The first kappa shape index (κ1) is 16.7. The van der Waals surface area contributed by atoms with Crippen molar-refractivity contribution in [2.75, 3.05) is 11.9 Å². The van der Waals surface area contributed by atoms with Crippen molar-refractivity contribution in [1.82, 2.24) is 9.38 Å². The van der Waals surface area contributed by atoms with E-state index >= 15 is 0 Å². The number of hydrogen-bond acceptors (Lipinski definition) is 4. The van der Waals surface area contributed by atoms with Crippen molar-refractivity contribution in [1.29, 1.82) is 0 Å². The van der Waals surface area contributed by atoms with Crippen LogP contribution < -0.4 is 10.1 Å². The highest BCUT2D eigenvalue weighted by Crippen LogP contribution is 2.32. The average molecular weight is 391 g/mol. The molecule has 0 unspecified atom stereocenters. The maximum atomic E-state index is 13.3. The lowest BCUT2D eigenvalue weighted by Gasteiger charge is -2.17. The smallest absolute Gasteiger partial charge is 0.256 e. The number of nitrogens with zero attached hydrogens (tertiary/aromatic N) is 2. The zero-order valence-corrected chi connectivity index (χ0v) is 15.4. The van der Waals surface area contributed by atoms with E-state index in [0.717, 1.165) is 21.8 Å². The molecule has 0 saturated heterocycles. The van der Waals surface area contributed by atoms with Gasteiger partial charge in [0.15, 0.2) is 4.96 Å². The van der Waals surface area contributed by atoms with E-state index in [2.05, 4.69) is 10.3 Å². The molecule has 1 N–H and O–H groups in total. The minimum Gasteiger partial charge on any atom is -0.488 e. The first-order valence-electron chi connectivity index (χ1n) is 8.64. The summed E-state index contributed by atoms with van der Waals surface area (Å²) in [7, 11) is 0. The number of para-hydroxylation sites is 1. The fraction of sp³-hybridized carbons (Fsp3) is 0.0476. The van der Waals surface area contributed by atoms with Gasteiger partial charge in [0.25, 0.3) is 5.91 Å². The van der Waals surface area contributed by atoms with Crippen LogP contribution in [-0.2, 0) is 4.79 Å². The Morgan fingerprint density at radius 2 is 2.00 bits per heavy atom. The van der Waals surface area contributed by atoms with Gasteiger partial charge < -0.3 is 10.1 Å². The molecule has 1 aliphatic heterocycles. The monoisotopic (exact) mass is 391 g/mol. The Morgan fingerprint density at radius 1 is 1.18 bits per heavy atom. The van der Waals surface area contributed by atoms with Crippen molar-refractivity contribution >= 4 is 34.1 Å². The highest BCUT2D eigenvalue weighted by molar-refractivity contribution is 7.15. The Kier molecular flexibility index (Phi) is 3.95. The van der Waals surface area contributed by atoms with Gasteiger partial charge in [0.1, 0.15) is 29.7 Å². The topological polar surface area (TPSA) is 55.6 Å². The van der Waals surface area contributed by atoms with Gasteiger partial charge in [-0.05, 0) is 36.4 Å². The number of carbonyl (C=O) groups is 1. The minimum absolute atomic E-state index is 0.195. The highest BCUT2D eigenvalue weighted by Gasteiger charge is 2.21.